The highest BCUT2D eigenvalue weighted by molar-refractivity contribution is 7.99. The first-order chi connectivity index (χ1) is 15.4. The van der Waals surface area contributed by atoms with E-state index < -0.39 is 11.6 Å². The molecule has 2 heterocycles. The molecule has 0 spiro atoms. The van der Waals surface area contributed by atoms with E-state index in [2.05, 4.69) is 21.4 Å². The van der Waals surface area contributed by atoms with Crippen LogP contribution < -0.4 is 5.32 Å². The van der Waals surface area contributed by atoms with Crippen LogP contribution in [0.1, 0.15) is 22.4 Å². The number of fused-ring (bicyclic) bond motifs is 1. The van der Waals surface area contributed by atoms with Crippen LogP contribution in [0.25, 0.3) is 11.0 Å². The number of carbonyl (C=O) groups is 1. The number of nitrogens with one attached hydrogen (secondary N) is 2. The van der Waals surface area contributed by atoms with E-state index in [1.54, 1.807) is 0 Å². The molecule has 0 aliphatic rings. The van der Waals surface area contributed by atoms with Crippen molar-refractivity contribution in [2.75, 3.05) is 11.1 Å². The molecule has 4 rings (SSSR count). The van der Waals surface area contributed by atoms with Gasteiger partial charge in [0.2, 0.25) is 5.91 Å². The molecule has 0 fully saturated rings. The van der Waals surface area contributed by atoms with Gasteiger partial charge in [-0.15, -0.1) is 0 Å². The summed E-state index contributed by atoms with van der Waals surface area (Å²) in [5.41, 5.74) is 3.80. The van der Waals surface area contributed by atoms with Crippen molar-refractivity contribution in [1.82, 2.24) is 14.5 Å². The number of anilines is 1. The number of rotatable bonds is 6. The number of aromatic amines is 1. The highest BCUT2D eigenvalue weighted by atomic mass is 32.2. The Morgan fingerprint density at radius 2 is 1.94 bits per heavy atom. The normalized spacial score (nSPS) is 11.0. The first-order valence-electron chi connectivity index (χ1n) is 9.78. The van der Waals surface area contributed by atoms with Crippen LogP contribution in [0.3, 0.4) is 0 Å². The van der Waals surface area contributed by atoms with Crippen LogP contribution in [-0.4, -0.2) is 26.2 Å². The van der Waals surface area contributed by atoms with E-state index >= 15 is 0 Å². The SMILES string of the molecule is Cc1c(C#N)c(NC(=O)CSc2nc3cc(F)c(F)cc3[nH]2)n(Cc2ccccc2)c1C. The first-order valence-corrected chi connectivity index (χ1v) is 10.8. The Balaban J connectivity index is 1.52. The molecule has 2 aromatic heterocycles. The number of nitriles is 1. The molecule has 9 heteroatoms. The van der Waals surface area contributed by atoms with Crippen LogP contribution in [0.2, 0.25) is 0 Å². The summed E-state index contributed by atoms with van der Waals surface area (Å²) in [6, 6.07) is 14.0. The molecule has 0 bridgehead atoms. The fourth-order valence-corrected chi connectivity index (χ4v) is 4.13. The summed E-state index contributed by atoms with van der Waals surface area (Å²) in [5, 5.41) is 12.9. The second-order valence-corrected chi connectivity index (χ2v) is 8.24. The second kappa shape index (κ2) is 8.85. The molecule has 4 aromatic rings. The Labute approximate surface area is 187 Å². The monoisotopic (exact) mass is 451 g/mol. The molecule has 6 nitrogen and oxygen atoms in total. The lowest BCUT2D eigenvalue weighted by Crippen LogP contribution is -2.18. The summed E-state index contributed by atoms with van der Waals surface area (Å²) >= 11 is 1.10. The number of amides is 1. The molecule has 0 radical (unpaired) electrons. The lowest BCUT2D eigenvalue weighted by molar-refractivity contribution is -0.113. The van der Waals surface area contributed by atoms with Gasteiger partial charge < -0.3 is 14.9 Å². The Morgan fingerprint density at radius 3 is 2.66 bits per heavy atom. The van der Waals surface area contributed by atoms with Crippen molar-refractivity contribution < 1.29 is 13.6 Å². The molecule has 0 atom stereocenters. The van der Waals surface area contributed by atoms with Crippen LogP contribution in [-0.2, 0) is 11.3 Å². The summed E-state index contributed by atoms with van der Waals surface area (Å²) in [6.45, 7) is 4.28. The number of hydrogen-bond acceptors (Lipinski definition) is 4. The fraction of sp³-hybridized carbons (Fsp3) is 0.174. The van der Waals surface area contributed by atoms with E-state index in [4.69, 9.17) is 0 Å². The molecule has 0 saturated carbocycles. The van der Waals surface area contributed by atoms with Crippen LogP contribution >= 0.6 is 11.8 Å². The molecule has 162 valence electrons. The highest BCUT2D eigenvalue weighted by Gasteiger charge is 2.20. The predicted molar refractivity (Wildman–Crippen MR) is 120 cm³/mol. The van der Waals surface area contributed by atoms with Crippen LogP contribution in [0.4, 0.5) is 14.6 Å². The molecule has 0 aliphatic carbocycles. The van der Waals surface area contributed by atoms with E-state index in [0.717, 1.165) is 40.7 Å². The molecule has 1 amide bonds. The van der Waals surface area contributed by atoms with Crippen LogP contribution in [0.5, 0.6) is 0 Å². The topological polar surface area (TPSA) is 86.5 Å². The van der Waals surface area contributed by atoms with Gasteiger partial charge in [0.25, 0.3) is 0 Å². The van der Waals surface area contributed by atoms with E-state index in [0.29, 0.717) is 28.6 Å². The lowest BCUT2D eigenvalue weighted by Gasteiger charge is -2.13. The standard InChI is InChI=1S/C23H19F2N5OS/c1-13-14(2)30(11-15-6-4-3-5-7-15)22(16(13)10-26)29-21(31)12-32-23-27-19-8-17(24)18(25)9-20(19)28-23/h3-9H,11-12H2,1-2H3,(H,27,28)(H,29,31). The summed E-state index contributed by atoms with van der Waals surface area (Å²) in [6.07, 6.45) is 0. The van der Waals surface area contributed by atoms with Gasteiger partial charge in [0.1, 0.15) is 11.9 Å². The summed E-state index contributed by atoms with van der Waals surface area (Å²) in [7, 11) is 0. The number of benzene rings is 2. The zero-order chi connectivity index (χ0) is 22.8. The maximum atomic E-state index is 13.4. The van der Waals surface area contributed by atoms with Gasteiger partial charge in [0, 0.05) is 24.4 Å². The third kappa shape index (κ3) is 4.22. The number of halogens is 2. The molecular formula is C23H19F2N5OS. The third-order valence-corrected chi connectivity index (χ3v) is 6.10. The number of carbonyl (C=O) groups excluding carboxylic acids is 1. The zero-order valence-corrected chi connectivity index (χ0v) is 18.2. The minimum atomic E-state index is -0.979. The highest BCUT2D eigenvalue weighted by Crippen LogP contribution is 2.28. The average molecular weight is 452 g/mol. The third-order valence-electron chi connectivity index (χ3n) is 5.22. The second-order valence-electron chi connectivity index (χ2n) is 7.28. The van der Waals surface area contributed by atoms with Crippen molar-refractivity contribution in [3.05, 3.63) is 76.5 Å². The van der Waals surface area contributed by atoms with E-state index in [9.17, 15) is 18.8 Å². The number of nitrogens with zero attached hydrogens (tertiary/aromatic N) is 3. The molecule has 0 unspecified atom stereocenters. The number of thioether (sulfide) groups is 1. The molecule has 0 aliphatic heterocycles. The minimum Gasteiger partial charge on any atom is -0.333 e. The largest absolute Gasteiger partial charge is 0.333 e. The zero-order valence-electron chi connectivity index (χ0n) is 17.4. The Hall–Kier alpha value is -3.64. The van der Waals surface area contributed by atoms with Gasteiger partial charge in [-0.2, -0.15) is 5.26 Å². The van der Waals surface area contributed by atoms with Crippen LogP contribution in [0, 0.1) is 36.8 Å². The number of aromatic nitrogens is 3. The fourth-order valence-electron chi connectivity index (χ4n) is 3.45. The predicted octanol–water partition coefficient (Wildman–Crippen LogP) is 4.91. The van der Waals surface area contributed by atoms with Gasteiger partial charge >= 0.3 is 0 Å². The summed E-state index contributed by atoms with van der Waals surface area (Å²) < 4.78 is 28.7. The molecule has 32 heavy (non-hydrogen) atoms. The van der Waals surface area contributed by atoms with Crippen molar-refractivity contribution in [2.24, 2.45) is 0 Å². The smallest absolute Gasteiger partial charge is 0.235 e. The Morgan fingerprint density at radius 1 is 1.22 bits per heavy atom. The van der Waals surface area contributed by atoms with Crippen molar-refractivity contribution >= 4 is 34.5 Å². The lowest BCUT2D eigenvalue weighted by atomic mass is 10.2. The molecule has 2 N–H and O–H groups in total. The summed E-state index contributed by atoms with van der Waals surface area (Å²) in [5.74, 6) is -1.82. The Kier molecular flexibility index (Phi) is 5.97. The van der Waals surface area contributed by atoms with Crippen LogP contribution in [0.15, 0.2) is 47.6 Å². The molecule has 2 aromatic carbocycles. The van der Waals surface area contributed by atoms with Crippen molar-refractivity contribution in [1.29, 1.82) is 5.26 Å². The number of hydrogen-bond donors (Lipinski definition) is 2. The molecular weight excluding hydrogens is 432 g/mol. The van der Waals surface area contributed by atoms with Crippen molar-refractivity contribution in [3.8, 4) is 6.07 Å². The van der Waals surface area contributed by atoms with Crippen molar-refractivity contribution in [2.45, 2.75) is 25.5 Å². The van der Waals surface area contributed by atoms with Gasteiger partial charge in [0.15, 0.2) is 16.8 Å². The van der Waals surface area contributed by atoms with Gasteiger partial charge in [-0.25, -0.2) is 13.8 Å². The maximum absolute atomic E-state index is 13.4. The van der Waals surface area contributed by atoms with Gasteiger partial charge in [-0.1, -0.05) is 42.1 Å². The van der Waals surface area contributed by atoms with E-state index in [1.807, 2.05) is 48.7 Å². The maximum Gasteiger partial charge on any atom is 0.235 e. The quantitative estimate of drug-likeness (QED) is 0.408. The Bertz CT molecular complexity index is 1320. The van der Waals surface area contributed by atoms with Gasteiger partial charge in [-0.05, 0) is 25.0 Å². The number of H-pyrrole nitrogens is 1. The average Bonchev–Trinajstić information content (AvgIpc) is 3.26. The van der Waals surface area contributed by atoms with Gasteiger partial charge in [-0.3, -0.25) is 4.79 Å². The number of imidazole rings is 1. The minimum absolute atomic E-state index is 0.00423. The summed E-state index contributed by atoms with van der Waals surface area (Å²) in [4.78, 5) is 19.7. The van der Waals surface area contributed by atoms with E-state index in [1.165, 1.54) is 0 Å². The van der Waals surface area contributed by atoms with Gasteiger partial charge in [0.05, 0.1) is 22.3 Å². The first kappa shape index (κ1) is 21.6. The van der Waals surface area contributed by atoms with Crippen molar-refractivity contribution in [3.63, 3.8) is 0 Å². The van der Waals surface area contributed by atoms with E-state index in [-0.39, 0.29) is 17.2 Å². The molecule has 0 saturated heterocycles.